The van der Waals surface area contributed by atoms with E-state index in [2.05, 4.69) is 12.0 Å². The molecular weight excluding hydrogens is 342 g/mol. The molecule has 0 aliphatic carbocycles. The van der Waals surface area contributed by atoms with E-state index in [1.165, 1.54) is 5.56 Å². The molecule has 2 saturated heterocycles. The minimum Gasteiger partial charge on any atom is -0.385 e. The Kier molecular flexibility index (Phi) is 6.58. The second-order valence-corrected chi connectivity index (χ2v) is 8.33. The summed E-state index contributed by atoms with van der Waals surface area (Å²) in [5.74, 6) is 0.955. The standard InChI is InChI=1S/C21H35N3O3/c1-16-19(17(2)23(3)22-16)5-6-20(25)24-11-9-21(10-12-24)15-18(7-13-26-4)8-14-27-21/h18H,5-15H2,1-4H3. The first kappa shape index (κ1) is 20.3. The Bertz CT molecular complexity index is 647. The fourth-order valence-electron chi connectivity index (χ4n) is 4.74. The van der Waals surface area contributed by atoms with Gasteiger partial charge in [-0.15, -0.1) is 0 Å². The number of piperidine rings is 1. The highest BCUT2D eigenvalue weighted by molar-refractivity contribution is 5.76. The fraction of sp³-hybridized carbons (Fsp3) is 0.810. The zero-order valence-corrected chi connectivity index (χ0v) is 17.4. The molecule has 2 aliphatic rings. The minimum absolute atomic E-state index is 0.00996. The number of amides is 1. The molecule has 0 aromatic carbocycles. The van der Waals surface area contributed by atoms with Crippen LogP contribution in [0, 0.1) is 19.8 Å². The number of carbonyl (C=O) groups is 1. The summed E-state index contributed by atoms with van der Waals surface area (Å²) < 4.78 is 13.4. The summed E-state index contributed by atoms with van der Waals surface area (Å²) in [7, 11) is 3.73. The van der Waals surface area contributed by atoms with Gasteiger partial charge in [0.2, 0.25) is 5.91 Å². The maximum Gasteiger partial charge on any atom is 0.222 e. The van der Waals surface area contributed by atoms with Crippen molar-refractivity contribution in [1.82, 2.24) is 14.7 Å². The van der Waals surface area contributed by atoms with E-state index in [0.29, 0.717) is 12.3 Å². The third-order valence-corrected chi connectivity index (χ3v) is 6.60. The Hall–Kier alpha value is -1.40. The Labute approximate surface area is 163 Å². The molecule has 2 aliphatic heterocycles. The highest BCUT2D eigenvalue weighted by Gasteiger charge is 2.40. The van der Waals surface area contributed by atoms with Crippen LogP contribution in [0.25, 0.3) is 0 Å². The first-order valence-electron chi connectivity index (χ1n) is 10.3. The van der Waals surface area contributed by atoms with Crippen LogP contribution in [0.15, 0.2) is 0 Å². The van der Waals surface area contributed by atoms with Crippen molar-refractivity contribution in [3.63, 3.8) is 0 Å². The third-order valence-electron chi connectivity index (χ3n) is 6.60. The van der Waals surface area contributed by atoms with Crippen molar-refractivity contribution in [2.24, 2.45) is 13.0 Å². The summed E-state index contributed by atoms with van der Waals surface area (Å²) in [5.41, 5.74) is 3.41. The van der Waals surface area contributed by atoms with Gasteiger partial charge in [0.05, 0.1) is 11.3 Å². The van der Waals surface area contributed by atoms with Crippen LogP contribution in [0.2, 0.25) is 0 Å². The molecule has 3 rings (SSSR count). The van der Waals surface area contributed by atoms with E-state index in [9.17, 15) is 4.79 Å². The van der Waals surface area contributed by atoms with Gasteiger partial charge in [-0.05, 0) is 63.9 Å². The highest BCUT2D eigenvalue weighted by atomic mass is 16.5. The van der Waals surface area contributed by atoms with E-state index < -0.39 is 0 Å². The molecule has 0 saturated carbocycles. The lowest BCUT2D eigenvalue weighted by atomic mass is 9.78. The molecule has 27 heavy (non-hydrogen) atoms. The van der Waals surface area contributed by atoms with Gasteiger partial charge < -0.3 is 14.4 Å². The van der Waals surface area contributed by atoms with Crippen LogP contribution in [0.4, 0.5) is 0 Å². The van der Waals surface area contributed by atoms with Crippen molar-refractivity contribution in [3.8, 4) is 0 Å². The Morgan fingerprint density at radius 2 is 2.07 bits per heavy atom. The van der Waals surface area contributed by atoms with Gasteiger partial charge >= 0.3 is 0 Å². The largest absolute Gasteiger partial charge is 0.385 e. The molecule has 0 N–H and O–H groups in total. The van der Waals surface area contributed by atoms with Crippen molar-refractivity contribution in [1.29, 1.82) is 0 Å². The van der Waals surface area contributed by atoms with Gasteiger partial charge in [-0.2, -0.15) is 5.10 Å². The van der Waals surface area contributed by atoms with E-state index in [-0.39, 0.29) is 11.5 Å². The summed E-state index contributed by atoms with van der Waals surface area (Å²) in [6, 6.07) is 0. The number of likely N-dealkylation sites (tertiary alicyclic amines) is 1. The number of hydrogen-bond acceptors (Lipinski definition) is 4. The summed E-state index contributed by atoms with van der Waals surface area (Å²) >= 11 is 0. The van der Waals surface area contributed by atoms with Crippen molar-refractivity contribution >= 4 is 5.91 Å². The van der Waals surface area contributed by atoms with Gasteiger partial charge in [-0.1, -0.05) is 0 Å². The van der Waals surface area contributed by atoms with E-state index in [4.69, 9.17) is 9.47 Å². The van der Waals surface area contributed by atoms with Crippen molar-refractivity contribution in [3.05, 3.63) is 17.0 Å². The number of ether oxygens (including phenoxy) is 2. The zero-order valence-electron chi connectivity index (χ0n) is 17.4. The van der Waals surface area contributed by atoms with Crippen LogP contribution in [0.5, 0.6) is 0 Å². The molecule has 1 aromatic heterocycles. The lowest BCUT2D eigenvalue weighted by Gasteiger charge is -2.46. The topological polar surface area (TPSA) is 56.6 Å². The summed E-state index contributed by atoms with van der Waals surface area (Å²) in [5, 5.41) is 4.45. The van der Waals surface area contributed by atoms with Gasteiger partial charge in [-0.25, -0.2) is 0 Å². The maximum absolute atomic E-state index is 12.7. The normalized spacial score (nSPS) is 22.4. The quantitative estimate of drug-likeness (QED) is 0.765. The molecule has 0 bridgehead atoms. The van der Waals surface area contributed by atoms with Crippen LogP contribution in [-0.2, 0) is 27.7 Å². The average molecular weight is 378 g/mol. The first-order chi connectivity index (χ1) is 12.9. The van der Waals surface area contributed by atoms with Gasteiger partial charge in [0, 0.05) is 52.6 Å². The third kappa shape index (κ3) is 4.72. The predicted molar refractivity (Wildman–Crippen MR) is 105 cm³/mol. The van der Waals surface area contributed by atoms with Crippen LogP contribution in [0.1, 0.15) is 55.5 Å². The van der Waals surface area contributed by atoms with Gasteiger partial charge in [-0.3, -0.25) is 9.48 Å². The molecular formula is C21H35N3O3. The smallest absolute Gasteiger partial charge is 0.222 e. The molecule has 152 valence electrons. The minimum atomic E-state index is -0.00996. The Morgan fingerprint density at radius 3 is 2.70 bits per heavy atom. The Balaban J connectivity index is 1.49. The van der Waals surface area contributed by atoms with E-state index in [1.54, 1.807) is 7.11 Å². The van der Waals surface area contributed by atoms with Gasteiger partial charge in [0.1, 0.15) is 0 Å². The lowest BCUT2D eigenvalue weighted by molar-refractivity contribution is -0.147. The highest BCUT2D eigenvalue weighted by Crippen LogP contribution is 2.38. The monoisotopic (exact) mass is 377 g/mol. The van der Waals surface area contributed by atoms with E-state index in [0.717, 1.165) is 76.2 Å². The van der Waals surface area contributed by atoms with Crippen LogP contribution in [-0.4, -0.2) is 59.6 Å². The fourth-order valence-corrected chi connectivity index (χ4v) is 4.74. The molecule has 2 fully saturated rings. The van der Waals surface area contributed by atoms with Crippen LogP contribution in [0.3, 0.4) is 0 Å². The van der Waals surface area contributed by atoms with Crippen molar-refractivity contribution in [2.45, 2.75) is 64.4 Å². The number of carbonyl (C=O) groups excluding carboxylic acids is 1. The molecule has 1 spiro atoms. The molecule has 6 heteroatoms. The lowest BCUT2D eigenvalue weighted by Crippen LogP contribution is -2.50. The van der Waals surface area contributed by atoms with Crippen LogP contribution >= 0.6 is 0 Å². The molecule has 6 nitrogen and oxygen atoms in total. The summed E-state index contributed by atoms with van der Waals surface area (Å²) in [6.07, 6.45) is 6.65. The zero-order chi connectivity index (χ0) is 19.4. The van der Waals surface area contributed by atoms with E-state index in [1.807, 2.05) is 23.6 Å². The number of aryl methyl sites for hydroxylation is 2. The molecule has 1 atom stereocenters. The van der Waals surface area contributed by atoms with Crippen molar-refractivity contribution in [2.75, 3.05) is 33.4 Å². The van der Waals surface area contributed by atoms with Gasteiger partial charge in [0.15, 0.2) is 0 Å². The molecule has 1 amide bonds. The SMILES string of the molecule is COCCC1CCOC2(CCN(C(=O)CCc3c(C)nn(C)c3C)CC2)C1. The molecule has 1 aromatic rings. The molecule has 0 radical (unpaired) electrons. The van der Waals surface area contributed by atoms with Crippen molar-refractivity contribution < 1.29 is 14.3 Å². The number of nitrogens with zero attached hydrogens (tertiary/aromatic N) is 3. The molecule has 1 unspecified atom stereocenters. The number of methoxy groups -OCH3 is 1. The Morgan fingerprint density at radius 1 is 1.33 bits per heavy atom. The maximum atomic E-state index is 12.7. The van der Waals surface area contributed by atoms with Gasteiger partial charge in [0.25, 0.3) is 0 Å². The second kappa shape index (κ2) is 8.74. The average Bonchev–Trinajstić information content (AvgIpc) is 2.90. The summed E-state index contributed by atoms with van der Waals surface area (Å²) in [6.45, 7) is 7.42. The summed E-state index contributed by atoms with van der Waals surface area (Å²) in [4.78, 5) is 14.8. The predicted octanol–water partition coefficient (Wildman–Crippen LogP) is 2.79. The molecule has 3 heterocycles. The number of aromatic nitrogens is 2. The first-order valence-corrected chi connectivity index (χ1v) is 10.3. The van der Waals surface area contributed by atoms with Crippen LogP contribution < -0.4 is 0 Å². The second-order valence-electron chi connectivity index (χ2n) is 8.33. The number of hydrogen-bond donors (Lipinski definition) is 0. The van der Waals surface area contributed by atoms with E-state index >= 15 is 0 Å². The number of rotatable bonds is 6.